The fourth-order valence-electron chi connectivity index (χ4n) is 3.45. The van der Waals surface area contributed by atoms with Crippen molar-refractivity contribution in [3.05, 3.63) is 66.2 Å². The molecular formula is C21H24N2O3. The number of anilines is 1. The number of amides is 2. The molecule has 1 saturated heterocycles. The van der Waals surface area contributed by atoms with E-state index in [0.29, 0.717) is 6.54 Å². The van der Waals surface area contributed by atoms with Crippen LogP contribution in [0.25, 0.3) is 0 Å². The minimum Gasteiger partial charge on any atom is -0.375 e. The van der Waals surface area contributed by atoms with Crippen molar-refractivity contribution in [1.82, 2.24) is 4.90 Å². The summed E-state index contributed by atoms with van der Waals surface area (Å²) in [5, 5.41) is 2.95. The van der Waals surface area contributed by atoms with Crippen LogP contribution >= 0.6 is 0 Å². The van der Waals surface area contributed by atoms with Crippen LogP contribution in [0.3, 0.4) is 0 Å². The van der Waals surface area contributed by atoms with Gasteiger partial charge in [0, 0.05) is 19.3 Å². The Hall–Kier alpha value is -2.66. The van der Waals surface area contributed by atoms with Crippen LogP contribution in [0.15, 0.2) is 60.7 Å². The Morgan fingerprint density at radius 2 is 1.69 bits per heavy atom. The molecule has 26 heavy (non-hydrogen) atoms. The van der Waals surface area contributed by atoms with E-state index in [2.05, 4.69) is 5.32 Å². The lowest BCUT2D eigenvalue weighted by Crippen LogP contribution is -2.46. The second-order valence-corrected chi connectivity index (χ2v) is 6.54. The van der Waals surface area contributed by atoms with Crippen LogP contribution in [0, 0.1) is 5.92 Å². The van der Waals surface area contributed by atoms with Crippen molar-refractivity contribution in [2.75, 3.05) is 25.6 Å². The number of ether oxygens (including phenoxy) is 1. The molecule has 0 saturated carbocycles. The van der Waals surface area contributed by atoms with Crippen molar-refractivity contribution in [1.29, 1.82) is 0 Å². The summed E-state index contributed by atoms with van der Waals surface area (Å²) in [7, 11) is 1.51. The van der Waals surface area contributed by atoms with Gasteiger partial charge in [-0.1, -0.05) is 48.5 Å². The maximum atomic E-state index is 12.7. The van der Waals surface area contributed by atoms with E-state index in [4.69, 9.17) is 4.74 Å². The van der Waals surface area contributed by atoms with Crippen molar-refractivity contribution in [2.45, 2.75) is 18.9 Å². The van der Waals surface area contributed by atoms with E-state index < -0.39 is 0 Å². The van der Waals surface area contributed by atoms with E-state index in [1.807, 2.05) is 60.7 Å². The summed E-state index contributed by atoms with van der Waals surface area (Å²) in [4.78, 5) is 27.0. The van der Waals surface area contributed by atoms with Gasteiger partial charge in [-0.15, -0.1) is 0 Å². The second kappa shape index (κ2) is 8.63. The predicted octanol–water partition coefficient (Wildman–Crippen LogP) is 3.25. The summed E-state index contributed by atoms with van der Waals surface area (Å²) >= 11 is 0. The standard InChI is InChI=1S/C21H24N2O3/c1-26-15-20(24)23-14-17(21(25)22-18-10-6-3-7-11-18)12-13-19(23)16-8-4-2-5-9-16/h2-11,17,19H,12-15H2,1H3,(H,22,25). The van der Waals surface area contributed by atoms with Gasteiger partial charge in [0.05, 0.1) is 12.0 Å². The number of nitrogens with one attached hydrogen (secondary N) is 1. The number of carbonyl (C=O) groups excluding carboxylic acids is 2. The Morgan fingerprint density at radius 1 is 1.04 bits per heavy atom. The molecule has 0 radical (unpaired) electrons. The third-order valence-electron chi connectivity index (χ3n) is 4.77. The molecule has 1 fully saturated rings. The molecule has 2 aromatic carbocycles. The molecule has 5 heteroatoms. The Balaban J connectivity index is 1.74. The summed E-state index contributed by atoms with van der Waals surface area (Å²) in [6, 6.07) is 19.4. The molecular weight excluding hydrogens is 328 g/mol. The van der Waals surface area contributed by atoms with E-state index in [1.165, 1.54) is 7.11 Å². The van der Waals surface area contributed by atoms with Gasteiger partial charge in [0.2, 0.25) is 11.8 Å². The zero-order valence-corrected chi connectivity index (χ0v) is 14.9. The summed E-state index contributed by atoms with van der Waals surface area (Å²) in [5.74, 6) is -0.354. The number of likely N-dealkylation sites (tertiary alicyclic amines) is 1. The quantitative estimate of drug-likeness (QED) is 0.899. The zero-order chi connectivity index (χ0) is 18.4. The number of para-hydroxylation sites is 1. The summed E-state index contributed by atoms with van der Waals surface area (Å²) in [6.45, 7) is 0.427. The first-order valence-corrected chi connectivity index (χ1v) is 8.88. The highest BCUT2D eigenvalue weighted by Crippen LogP contribution is 2.34. The number of rotatable bonds is 5. The van der Waals surface area contributed by atoms with Crippen molar-refractivity contribution < 1.29 is 14.3 Å². The molecule has 1 aliphatic rings. The van der Waals surface area contributed by atoms with Crippen molar-refractivity contribution in [3.8, 4) is 0 Å². The maximum absolute atomic E-state index is 12.7. The SMILES string of the molecule is COCC(=O)N1CC(C(=O)Nc2ccccc2)CCC1c1ccccc1. The Bertz CT molecular complexity index is 733. The highest BCUT2D eigenvalue weighted by atomic mass is 16.5. The molecule has 1 N–H and O–H groups in total. The third-order valence-corrected chi connectivity index (χ3v) is 4.77. The number of methoxy groups -OCH3 is 1. The van der Waals surface area contributed by atoms with Gasteiger partial charge < -0.3 is 15.0 Å². The average Bonchev–Trinajstić information content (AvgIpc) is 2.69. The van der Waals surface area contributed by atoms with E-state index in [0.717, 1.165) is 24.1 Å². The van der Waals surface area contributed by atoms with Crippen LogP contribution in [-0.2, 0) is 14.3 Å². The number of carbonyl (C=O) groups is 2. The second-order valence-electron chi connectivity index (χ2n) is 6.54. The van der Waals surface area contributed by atoms with Crippen molar-refractivity contribution in [2.24, 2.45) is 5.92 Å². The van der Waals surface area contributed by atoms with Gasteiger partial charge >= 0.3 is 0 Å². The molecule has 136 valence electrons. The van der Waals surface area contributed by atoms with Gasteiger partial charge in [0.15, 0.2) is 0 Å². The molecule has 2 aromatic rings. The Kier molecular flexibility index (Phi) is 6.02. The first-order valence-electron chi connectivity index (χ1n) is 8.88. The normalized spacial score (nSPS) is 19.8. The molecule has 1 heterocycles. The fourth-order valence-corrected chi connectivity index (χ4v) is 3.45. The minimum atomic E-state index is -0.226. The maximum Gasteiger partial charge on any atom is 0.249 e. The van der Waals surface area contributed by atoms with Crippen molar-refractivity contribution in [3.63, 3.8) is 0 Å². The van der Waals surface area contributed by atoms with E-state index >= 15 is 0 Å². The van der Waals surface area contributed by atoms with Gasteiger partial charge in [-0.05, 0) is 30.5 Å². The van der Waals surface area contributed by atoms with Gasteiger partial charge in [-0.3, -0.25) is 9.59 Å². The van der Waals surface area contributed by atoms with Crippen LogP contribution in [-0.4, -0.2) is 37.0 Å². The van der Waals surface area contributed by atoms with Gasteiger partial charge in [0.1, 0.15) is 6.61 Å². The number of piperidine rings is 1. The number of hydrogen-bond donors (Lipinski definition) is 1. The number of nitrogens with zero attached hydrogens (tertiary/aromatic N) is 1. The number of benzene rings is 2. The Labute approximate surface area is 154 Å². The molecule has 3 rings (SSSR count). The molecule has 5 nitrogen and oxygen atoms in total. The topological polar surface area (TPSA) is 58.6 Å². The lowest BCUT2D eigenvalue weighted by molar-refractivity contribution is -0.141. The molecule has 2 atom stereocenters. The monoisotopic (exact) mass is 352 g/mol. The molecule has 0 spiro atoms. The summed E-state index contributed by atoms with van der Waals surface area (Å²) in [5.41, 5.74) is 1.87. The van der Waals surface area contributed by atoms with E-state index in [1.54, 1.807) is 4.90 Å². The van der Waals surface area contributed by atoms with Gasteiger partial charge in [-0.2, -0.15) is 0 Å². The van der Waals surface area contributed by atoms with Gasteiger partial charge in [-0.25, -0.2) is 0 Å². The number of hydrogen-bond acceptors (Lipinski definition) is 3. The van der Waals surface area contributed by atoms with E-state index in [-0.39, 0.29) is 30.4 Å². The van der Waals surface area contributed by atoms with Crippen LogP contribution in [0.1, 0.15) is 24.4 Å². The summed E-state index contributed by atoms with van der Waals surface area (Å²) < 4.78 is 5.04. The molecule has 1 aliphatic heterocycles. The lowest BCUT2D eigenvalue weighted by atomic mass is 9.88. The minimum absolute atomic E-state index is 0.0142. The molecule has 0 bridgehead atoms. The van der Waals surface area contributed by atoms with Crippen LogP contribution in [0.5, 0.6) is 0 Å². The highest BCUT2D eigenvalue weighted by molar-refractivity contribution is 5.93. The average molecular weight is 352 g/mol. The van der Waals surface area contributed by atoms with Crippen molar-refractivity contribution >= 4 is 17.5 Å². The Morgan fingerprint density at radius 3 is 2.35 bits per heavy atom. The third kappa shape index (κ3) is 4.29. The molecule has 0 aromatic heterocycles. The summed E-state index contributed by atoms with van der Waals surface area (Å²) in [6.07, 6.45) is 1.50. The molecule has 2 unspecified atom stereocenters. The first-order chi connectivity index (χ1) is 12.7. The van der Waals surface area contributed by atoms with Gasteiger partial charge in [0.25, 0.3) is 0 Å². The molecule has 2 amide bonds. The van der Waals surface area contributed by atoms with Crippen LogP contribution in [0.2, 0.25) is 0 Å². The first kappa shape index (κ1) is 18.1. The fraction of sp³-hybridized carbons (Fsp3) is 0.333. The highest BCUT2D eigenvalue weighted by Gasteiger charge is 2.35. The predicted molar refractivity (Wildman–Crippen MR) is 101 cm³/mol. The van der Waals surface area contributed by atoms with E-state index in [9.17, 15) is 9.59 Å². The van der Waals surface area contributed by atoms with Crippen LogP contribution < -0.4 is 5.32 Å². The van der Waals surface area contributed by atoms with Crippen LogP contribution in [0.4, 0.5) is 5.69 Å². The lowest BCUT2D eigenvalue weighted by Gasteiger charge is -2.39. The smallest absolute Gasteiger partial charge is 0.249 e. The zero-order valence-electron chi connectivity index (χ0n) is 14.9. The molecule has 0 aliphatic carbocycles. The largest absolute Gasteiger partial charge is 0.375 e.